The Morgan fingerprint density at radius 1 is 1.21 bits per heavy atom. The molecule has 10 heteroatoms. The van der Waals surface area contributed by atoms with E-state index in [9.17, 15) is 4.79 Å². The molecule has 0 radical (unpaired) electrons. The van der Waals surface area contributed by atoms with Gasteiger partial charge < -0.3 is 14.8 Å². The largest absolute Gasteiger partial charge is 0.493 e. The van der Waals surface area contributed by atoms with Crippen molar-refractivity contribution >= 4 is 51.0 Å². The first-order valence-corrected chi connectivity index (χ1v) is 15.5. The Bertz CT molecular complexity index is 1390. The molecule has 3 aromatic rings. The van der Waals surface area contributed by atoms with Crippen LogP contribution in [0.4, 0.5) is 5.95 Å². The van der Waals surface area contributed by atoms with Crippen molar-refractivity contribution in [1.29, 1.82) is 0 Å². The fourth-order valence-electron chi connectivity index (χ4n) is 5.00. The minimum atomic E-state index is -0.421. The Labute approximate surface area is 246 Å². The molecule has 1 aliphatic carbocycles. The van der Waals surface area contributed by atoms with Gasteiger partial charge in [-0.3, -0.25) is 4.79 Å². The Hall–Kier alpha value is -2.49. The number of rotatable bonds is 11. The molecule has 0 bridgehead atoms. The van der Waals surface area contributed by atoms with E-state index in [4.69, 9.17) is 31.2 Å². The maximum absolute atomic E-state index is 13.3. The van der Waals surface area contributed by atoms with Crippen molar-refractivity contribution in [2.45, 2.75) is 68.8 Å². The second kappa shape index (κ2) is 12.8. The molecule has 2 aliphatic rings. The van der Waals surface area contributed by atoms with Crippen molar-refractivity contribution in [2.75, 3.05) is 19.0 Å². The fourth-order valence-corrected chi connectivity index (χ4v) is 6.69. The Kier molecular flexibility index (Phi) is 9.20. The molecule has 2 heterocycles. The van der Waals surface area contributed by atoms with Crippen molar-refractivity contribution in [3.63, 3.8) is 0 Å². The zero-order valence-electron chi connectivity index (χ0n) is 22.1. The number of allylic oxidation sites excluding steroid dienone is 2. The third-order valence-corrected chi connectivity index (χ3v) is 8.82. The van der Waals surface area contributed by atoms with E-state index in [1.54, 1.807) is 7.11 Å². The van der Waals surface area contributed by atoms with E-state index in [0.717, 1.165) is 57.6 Å². The molecular formula is C29H32BrClN4O3S. The summed E-state index contributed by atoms with van der Waals surface area (Å²) in [6, 6.07) is 11.3. The molecule has 5 rings (SSSR count). The standard InChI is InChI=1S/C29H32BrClN4O3S/c1-3-4-5-8-14-38-27-20(30)15-19(16-24(27)37-2)26-25-22(12-9-13-23(25)36)32-28-33-29(34-35(26)28)39-17-18-10-6-7-11-21(18)31/h6-7,10-11,15-16,26H,3-5,8-9,12-14,17H2,1-2H3,(H,32,33,34). The van der Waals surface area contributed by atoms with Gasteiger partial charge in [0.05, 0.1) is 18.2 Å². The smallest absolute Gasteiger partial charge is 0.227 e. The van der Waals surface area contributed by atoms with Gasteiger partial charge >= 0.3 is 0 Å². The Balaban J connectivity index is 1.47. The molecule has 0 amide bonds. The number of ketones is 1. The van der Waals surface area contributed by atoms with E-state index in [0.29, 0.717) is 41.4 Å². The molecule has 0 saturated heterocycles. The number of ether oxygens (including phenoxy) is 2. The highest BCUT2D eigenvalue weighted by Crippen LogP contribution is 2.45. The second-order valence-corrected chi connectivity index (χ2v) is 11.9. The van der Waals surface area contributed by atoms with Gasteiger partial charge in [0.15, 0.2) is 17.3 Å². The van der Waals surface area contributed by atoms with Crippen LogP contribution < -0.4 is 14.8 Å². The van der Waals surface area contributed by atoms with Gasteiger partial charge in [0.1, 0.15) is 6.04 Å². The van der Waals surface area contributed by atoms with Crippen LogP contribution in [0.1, 0.15) is 69.0 Å². The van der Waals surface area contributed by atoms with E-state index in [1.807, 2.05) is 41.1 Å². The van der Waals surface area contributed by atoms with Crippen molar-refractivity contribution in [2.24, 2.45) is 0 Å². The number of halogens is 2. The van der Waals surface area contributed by atoms with Crippen LogP contribution in [0.5, 0.6) is 11.5 Å². The number of carbonyl (C=O) groups is 1. The molecular weight excluding hydrogens is 600 g/mol. The van der Waals surface area contributed by atoms with Crippen LogP contribution in [0.3, 0.4) is 0 Å². The topological polar surface area (TPSA) is 78.3 Å². The summed E-state index contributed by atoms with van der Waals surface area (Å²) in [5, 5.41) is 9.59. The van der Waals surface area contributed by atoms with Gasteiger partial charge in [-0.15, -0.1) is 5.10 Å². The molecule has 1 unspecified atom stereocenters. The molecule has 1 aromatic heterocycles. The Morgan fingerprint density at radius 3 is 2.85 bits per heavy atom. The molecule has 0 spiro atoms. The minimum Gasteiger partial charge on any atom is -0.493 e. The zero-order valence-corrected chi connectivity index (χ0v) is 25.3. The number of nitrogens with zero attached hydrogens (tertiary/aromatic N) is 3. The number of thioether (sulfide) groups is 1. The van der Waals surface area contributed by atoms with Crippen LogP contribution in [-0.4, -0.2) is 34.3 Å². The summed E-state index contributed by atoms with van der Waals surface area (Å²) < 4.78 is 14.5. The molecule has 206 valence electrons. The molecule has 1 aliphatic heterocycles. The van der Waals surface area contributed by atoms with Crippen LogP contribution in [-0.2, 0) is 10.5 Å². The monoisotopic (exact) mass is 630 g/mol. The number of benzene rings is 2. The van der Waals surface area contributed by atoms with Gasteiger partial charge in [0, 0.05) is 28.5 Å². The van der Waals surface area contributed by atoms with Gasteiger partial charge in [0.25, 0.3) is 0 Å². The third-order valence-electron chi connectivity index (χ3n) is 6.98. The van der Waals surface area contributed by atoms with E-state index >= 15 is 0 Å². The van der Waals surface area contributed by atoms with Crippen LogP contribution in [0, 0.1) is 0 Å². The van der Waals surface area contributed by atoms with Crippen molar-refractivity contribution < 1.29 is 14.3 Å². The SMILES string of the molecule is CCCCCCOc1c(Br)cc(C2C3=C(CCCC3=O)Nc3nc(SCc4ccccc4Cl)nn32)cc1OC. The molecule has 0 fully saturated rings. The highest BCUT2D eigenvalue weighted by atomic mass is 79.9. The quantitative estimate of drug-likeness (QED) is 0.170. The van der Waals surface area contributed by atoms with Gasteiger partial charge in [0.2, 0.25) is 11.1 Å². The van der Waals surface area contributed by atoms with E-state index in [1.165, 1.54) is 24.6 Å². The number of fused-ring (bicyclic) bond motifs is 1. The number of hydrogen-bond donors (Lipinski definition) is 1. The summed E-state index contributed by atoms with van der Waals surface area (Å²) in [7, 11) is 1.64. The first kappa shape index (κ1) is 28.1. The van der Waals surface area contributed by atoms with Gasteiger partial charge in [-0.25, -0.2) is 4.68 Å². The fraction of sp³-hybridized carbons (Fsp3) is 0.414. The lowest BCUT2D eigenvalue weighted by atomic mass is 9.85. The average molecular weight is 632 g/mol. The van der Waals surface area contributed by atoms with Crippen LogP contribution >= 0.6 is 39.3 Å². The number of anilines is 1. The number of carbonyl (C=O) groups excluding carboxylic acids is 1. The lowest BCUT2D eigenvalue weighted by Gasteiger charge is -2.32. The number of nitrogens with one attached hydrogen (secondary N) is 1. The highest BCUT2D eigenvalue weighted by Gasteiger charge is 2.37. The molecule has 1 atom stereocenters. The molecule has 0 saturated carbocycles. The summed E-state index contributed by atoms with van der Waals surface area (Å²) in [6.45, 7) is 2.81. The maximum Gasteiger partial charge on any atom is 0.227 e. The van der Waals surface area contributed by atoms with Crippen molar-refractivity contribution in [3.05, 3.63) is 68.3 Å². The van der Waals surface area contributed by atoms with E-state index < -0.39 is 6.04 Å². The number of methoxy groups -OCH3 is 1. The summed E-state index contributed by atoms with van der Waals surface area (Å²) in [5.41, 5.74) is 3.57. The summed E-state index contributed by atoms with van der Waals surface area (Å²) >= 11 is 11.6. The van der Waals surface area contributed by atoms with Gasteiger partial charge in [-0.1, -0.05) is 67.7 Å². The predicted octanol–water partition coefficient (Wildman–Crippen LogP) is 7.98. The summed E-state index contributed by atoms with van der Waals surface area (Å²) in [4.78, 5) is 18.0. The average Bonchev–Trinajstić information content (AvgIpc) is 3.34. The molecule has 2 aromatic carbocycles. The first-order chi connectivity index (χ1) is 19.0. The first-order valence-electron chi connectivity index (χ1n) is 13.4. The van der Waals surface area contributed by atoms with Crippen molar-refractivity contribution in [1.82, 2.24) is 14.8 Å². The van der Waals surface area contributed by atoms with Crippen LogP contribution in [0.2, 0.25) is 5.02 Å². The minimum absolute atomic E-state index is 0.131. The van der Waals surface area contributed by atoms with E-state index in [-0.39, 0.29) is 5.78 Å². The lowest BCUT2D eigenvalue weighted by Crippen LogP contribution is -2.31. The Morgan fingerprint density at radius 2 is 2.05 bits per heavy atom. The number of unbranched alkanes of at least 4 members (excludes halogenated alkanes) is 3. The summed E-state index contributed by atoms with van der Waals surface area (Å²) in [6.07, 6.45) is 6.63. The third kappa shape index (κ3) is 6.15. The molecule has 39 heavy (non-hydrogen) atoms. The number of aromatic nitrogens is 3. The zero-order chi connectivity index (χ0) is 27.4. The van der Waals surface area contributed by atoms with Crippen LogP contribution in [0.15, 0.2) is 57.3 Å². The van der Waals surface area contributed by atoms with Crippen molar-refractivity contribution in [3.8, 4) is 11.5 Å². The van der Waals surface area contributed by atoms with Crippen LogP contribution in [0.25, 0.3) is 0 Å². The second-order valence-electron chi connectivity index (χ2n) is 9.68. The lowest BCUT2D eigenvalue weighted by molar-refractivity contribution is -0.116. The maximum atomic E-state index is 13.3. The normalized spacial score (nSPS) is 16.5. The van der Waals surface area contributed by atoms with Gasteiger partial charge in [-0.2, -0.15) is 4.98 Å². The van der Waals surface area contributed by atoms with E-state index in [2.05, 4.69) is 28.2 Å². The summed E-state index contributed by atoms with van der Waals surface area (Å²) in [5.74, 6) is 2.69. The highest BCUT2D eigenvalue weighted by molar-refractivity contribution is 9.10. The number of Topliss-reactive ketones (excluding diaryl/α,β-unsaturated/α-hetero) is 1. The molecule has 7 nitrogen and oxygen atoms in total. The number of hydrogen-bond acceptors (Lipinski definition) is 7. The predicted molar refractivity (Wildman–Crippen MR) is 159 cm³/mol. The molecule has 1 N–H and O–H groups in total. The van der Waals surface area contributed by atoms with Gasteiger partial charge in [-0.05, 0) is 64.5 Å².